The number of aryl methyl sites for hydroxylation is 2. The van der Waals surface area contributed by atoms with Gasteiger partial charge in [-0.05, 0) is 55.3 Å². The number of anilines is 1. The summed E-state index contributed by atoms with van der Waals surface area (Å²) in [4.78, 5) is 21.3. The Labute approximate surface area is 225 Å². The highest BCUT2D eigenvalue weighted by atomic mass is 19.4. The average molecular weight is 537 g/mol. The van der Waals surface area contributed by atoms with E-state index < -0.39 is 17.6 Å². The van der Waals surface area contributed by atoms with E-state index >= 15 is 0 Å². The highest BCUT2D eigenvalue weighted by Gasteiger charge is 2.34. The quantitative estimate of drug-likeness (QED) is 0.380. The van der Waals surface area contributed by atoms with Gasteiger partial charge in [-0.1, -0.05) is 18.2 Å². The number of carbonyl (C=O) groups excluding carboxylic acids is 1. The first kappa shape index (κ1) is 26.8. The van der Waals surface area contributed by atoms with Crippen LogP contribution >= 0.6 is 0 Å². The number of amides is 1. The summed E-state index contributed by atoms with van der Waals surface area (Å²) < 4.78 is 43.4. The molecule has 1 fully saturated rings. The topological polar surface area (TPSA) is 66.3 Å². The molecule has 7 nitrogen and oxygen atoms in total. The molecule has 1 aliphatic heterocycles. The number of likely N-dealkylation sites (N-methyl/N-ethyl adjacent to an activating group) is 1. The molecule has 0 atom stereocenters. The van der Waals surface area contributed by atoms with Crippen molar-refractivity contribution in [2.75, 3.05) is 38.5 Å². The van der Waals surface area contributed by atoms with Crippen LogP contribution in [0.2, 0.25) is 0 Å². The number of fused-ring (bicyclic) bond motifs is 1. The standard InChI is InChI=1S/C29H31F3N6O/c1-19-12-20-4-5-21(13-23(20)17-33-19)27-15-25(35-37(27)3)16-28(39)34-24-7-6-22(26(14-24)29(30,31)32)18-38-10-8-36(2)9-11-38/h4-7,12-15,17H,8-11,16,18H2,1-3H3,(H,34,39). The zero-order valence-corrected chi connectivity index (χ0v) is 22.2. The molecule has 4 aromatic rings. The van der Waals surface area contributed by atoms with E-state index in [0.717, 1.165) is 46.9 Å². The molecule has 0 aliphatic carbocycles. The number of alkyl halides is 3. The van der Waals surface area contributed by atoms with Crippen LogP contribution < -0.4 is 5.32 Å². The Morgan fingerprint density at radius 1 is 0.974 bits per heavy atom. The molecule has 2 aromatic carbocycles. The lowest BCUT2D eigenvalue weighted by atomic mass is 10.0. The molecule has 204 valence electrons. The van der Waals surface area contributed by atoms with Crippen molar-refractivity contribution in [1.82, 2.24) is 24.6 Å². The fraction of sp³-hybridized carbons (Fsp3) is 0.345. The van der Waals surface area contributed by atoms with E-state index in [4.69, 9.17) is 0 Å². The van der Waals surface area contributed by atoms with E-state index in [1.165, 1.54) is 12.1 Å². The van der Waals surface area contributed by atoms with E-state index in [0.29, 0.717) is 18.8 Å². The van der Waals surface area contributed by atoms with Gasteiger partial charge in [-0.15, -0.1) is 0 Å². The Morgan fingerprint density at radius 3 is 2.49 bits per heavy atom. The van der Waals surface area contributed by atoms with Gasteiger partial charge in [-0.3, -0.25) is 19.4 Å². The zero-order chi connectivity index (χ0) is 27.7. The Kier molecular flexibility index (Phi) is 7.42. The number of nitrogens with zero attached hydrogens (tertiary/aromatic N) is 5. The van der Waals surface area contributed by atoms with Crippen LogP contribution in [0.3, 0.4) is 0 Å². The molecule has 1 amide bonds. The van der Waals surface area contributed by atoms with Crippen molar-refractivity contribution >= 4 is 22.4 Å². The number of hydrogen-bond donors (Lipinski definition) is 1. The van der Waals surface area contributed by atoms with Crippen molar-refractivity contribution in [2.45, 2.75) is 26.1 Å². The van der Waals surface area contributed by atoms with Crippen LogP contribution in [0.1, 0.15) is 22.5 Å². The highest BCUT2D eigenvalue weighted by Crippen LogP contribution is 2.35. The van der Waals surface area contributed by atoms with Gasteiger partial charge in [0.05, 0.1) is 23.4 Å². The number of piperazine rings is 1. The summed E-state index contributed by atoms with van der Waals surface area (Å²) in [6.07, 6.45) is -2.76. The number of benzene rings is 2. The van der Waals surface area contributed by atoms with Crippen molar-refractivity contribution in [3.05, 3.63) is 77.2 Å². The first-order valence-electron chi connectivity index (χ1n) is 12.9. The number of aromatic nitrogens is 3. The summed E-state index contributed by atoms with van der Waals surface area (Å²) in [6.45, 7) is 5.24. The third-order valence-corrected chi connectivity index (χ3v) is 7.12. The van der Waals surface area contributed by atoms with E-state index in [-0.39, 0.29) is 24.2 Å². The van der Waals surface area contributed by atoms with Crippen LogP contribution in [-0.4, -0.2) is 63.7 Å². The molecule has 39 heavy (non-hydrogen) atoms. The lowest BCUT2D eigenvalue weighted by molar-refractivity contribution is -0.138. The highest BCUT2D eigenvalue weighted by molar-refractivity contribution is 5.92. The van der Waals surface area contributed by atoms with Gasteiger partial charge in [-0.2, -0.15) is 18.3 Å². The third-order valence-electron chi connectivity index (χ3n) is 7.12. The third kappa shape index (κ3) is 6.29. The van der Waals surface area contributed by atoms with Crippen LogP contribution in [0, 0.1) is 6.92 Å². The molecule has 1 aliphatic rings. The first-order chi connectivity index (χ1) is 18.5. The molecule has 0 saturated carbocycles. The summed E-state index contributed by atoms with van der Waals surface area (Å²) in [5.41, 5.74) is 2.82. The monoisotopic (exact) mass is 536 g/mol. The Hall–Kier alpha value is -3.76. The largest absolute Gasteiger partial charge is 0.416 e. The number of halogens is 3. The molecular weight excluding hydrogens is 505 g/mol. The SMILES string of the molecule is Cc1cc2ccc(-c3cc(CC(=O)Nc4ccc(CN5CCN(C)CC5)c(C(F)(F)F)c4)nn3C)cc2cn1. The molecule has 2 aromatic heterocycles. The van der Waals surface area contributed by atoms with Crippen molar-refractivity contribution in [1.29, 1.82) is 0 Å². The van der Waals surface area contributed by atoms with Gasteiger partial charge in [0.1, 0.15) is 0 Å². The second kappa shape index (κ2) is 10.8. The Morgan fingerprint density at radius 2 is 1.74 bits per heavy atom. The van der Waals surface area contributed by atoms with Gasteiger partial charge >= 0.3 is 6.18 Å². The summed E-state index contributed by atoms with van der Waals surface area (Å²) >= 11 is 0. The number of rotatable bonds is 6. The zero-order valence-electron chi connectivity index (χ0n) is 22.2. The van der Waals surface area contributed by atoms with E-state index in [1.54, 1.807) is 11.7 Å². The Balaban J connectivity index is 1.29. The summed E-state index contributed by atoms with van der Waals surface area (Å²) in [6, 6.07) is 13.9. The second-order valence-electron chi connectivity index (χ2n) is 10.2. The molecule has 0 spiro atoms. The molecule has 1 N–H and O–H groups in total. The second-order valence-corrected chi connectivity index (χ2v) is 10.2. The molecule has 1 saturated heterocycles. The fourth-order valence-corrected chi connectivity index (χ4v) is 4.97. The van der Waals surface area contributed by atoms with Crippen LogP contribution in [0.4, 0.5) is 18.9 Å². The van der Waals surface area contributed by atoms with Gasteiger partial charge in [0.15, 0.2) is 0 Å². The van der Waals surface area contributed by atoms with Crippen molar-refractivity contribution in [2.24, 2.45) is 7.05 Å². The first-order valence-corrected chi connectivity index (χ1v) is 12.9. The van der Waals surface area contributed by atoms with E-state index in [2.05, 4.69) is 20.3 Å². The maximum atomic E-state index is 13.9. The number of carbonyl (C=O) groups is 1. The molecule has 0 unspecified atom stereocenters. The molecule has 0 bridgehead atoms. The molecule has 5 rings (SSSR count). The predicted molar refractivity (Wildman–Crippen MR) is 145 cm³/mol. The maximum Gasteiger partial charge on any atom is 0.416 e. The van der Waals surface area contributed by atoms with Crippen LogP contribution in [0.25, 0.3) is 22.0 Å². The van der Waals surface area contributed by atoms with Crippen molar-refractivity contribution in [3.63, 3.8) is 0 Å². The summed E-state index contributed by atoms with van der Waals surface area (Å²) in [7, 11) is 3.80. The molecule has 0 radical (unpaired) electrons. The maximum absolute atomic E-state index is 13.9. The van der Waals surface area contributed by atoms with E-state index in [1.807, 2.05) is 55.4 Å². The van der Waals surface area contributed by atoms with Gasteiger partial charge in [0.2, 0.25) is 5.91 Å². The lowest BCUT2D eigenvalue weighted by Crippen LogP contribution is -2.44. The fourth-order valence-electron chi connectivity index (χ4n) is 4.97. The minimum atomic E-state index is -4.52. The summed E-state index contributed by atoms with van der Waals surface area (Å²) in [5, 5.41) is 9.16. The van der Waals surface area contributed by atoms with Gasteiger partial charge in [-0.25, -0.2) is 0 Å². The minimum absolute atomic E-state index is 0.0629. The average Bonchev–Trinajstić information content (AvgIpc) is 3.24. The normalized spacial score (nSPS) is 15.1. The minimum Gasteiger partial charge on any atom is -0.326 e. The van der Waals surface area contributed by atoms with Crippen molar-refractivity contribution < 1.29 is 18.0 Å². The van der Waals surface area contributed by atoms with Crippen LogP contribution in [0.5, 0.6) is 0 Å². The smallest absolute Gasteiger partial charge is 0.326 e. The van der Waals surface area contributed by atoms with Crippen molar-refractivity contribution in [3.8, 4) is 11.3 Å². The molecular formula is C29H31F3N6O. The van der Waals surface area contributed by atoms with Gasteiger partial charge < -0.3 is 10.2 Å². The summed E-state index contributed by atoms with van der Waals surface area (Å²) in [5.74, 6) is -0.433. The molecule has 3 heterocycles. The number of nitrogens with one attached hydrogen (secondary N) is 1. The van der Waals surface area contributed by atoms with Crippen LogP contribution in [0.15, 0.2) is 54.7 Å². The van der Waals surface area contributed by atoms with Gasteiger partial charge in [0, 0.05) is 68.3 Å². The predicted octanol–water partition coefficient (Wildman–Crippen LogP) is 4.89. The Bertz CT molecular complexity index is 1500. The number of pyridine rings is 1. The lowest BCUT2D eigenvalue weighted by Gasteiger charge is -2.33. The van der Waals surface area contributed by atoms with Crippen LogP contribution in [-0.2, 0) is 31.0 Å². The van der Waals surface area contributed by atoms with Gasteiger partial charge in [0.25, 0.3) is 0 Å². The van der Waals surface area contributed by atoms with E-state index in [9.17, 15) is 18.0 Å². The number of hydrogen-bond acceptors (Lipinski definition) is 5. The molecule has 10 heteroatoms.